The average Bonchev–Trinajstić information content (AvgIpc) is 2.66. The van der Waals surface area contributed by atoms with Crippen LogP contribution >= 0.6 is 11.6 Å². The first-order valence-electron chi connectivity index (χ1n) is 7.13. The molecule has 1 amide bonds. The number of carbonyl (C=O) groups is 1. The SMILES string of the molecule is O=C1CCN(CC(O)COCc2ccccc2Cl)CCN1. The highest BCUT2D eigenvalue weighted by Gasteiger charge is 2.16. The van der Waals surface area contributed by atoms with Crippen LogP contribution in [0.5, 0.6) is 0 Å². The van der Waals surface area contributed by atoms with Gasteiger partial charge in [0.25, 0.3) is 0 Å². The molecule has 1 atom stereocenters. The lowest BCUT2D eigenvalue weighted by Gasteiger charge is -2.22. The van der Waals surface area contributed by atoms with E-state index in [0.29, 0.717) is 37.7 Å². The van der Waals surface area contributed by atoms with Crippen LogP contribution in [0.3, 0.4) is 0 Å². The van der Waals surface area contributed by atoms with Gasteiger partial charge in [-0.25, -0.2) is 0 Å². The van der Waals surface area contributed by atoms with E-state index in [1.54, 1.807) is 0 Å². The van der Waals surface area contributed by atoms with Gasteiger partial charge in [-0.15, -0.1) is 0 Å². The lowest BCUT2D eigenvalue weighted by molar-refractivity contribution is -0.120. The maximum absolute atomic E-state index is 11.2. The quantitative estimate of drug-likeness (QED) is 0.824. The molecule has 1 fully saturated rings. The van der Waals surface area contributed by atoms with Crippen molar-refractivity contribution in [3.63, 3.8) is 0 Å². The molecular formula is C15H21ClN2O3. The number of ether oxygens (including phenoxy) is 1. The number of benzene rings is 1. The van der Waals surface area contributed by atoms with Gasteiger partial charge in [0, 0.05) is 37.6 Å². The highest BCUT2D eigenvalue weighted by molar-refractivity contribution is 6.31. The van der Waals surface area contributed by atoms with Gasteiger partial charge in [-0.05, 0) is 11.6 Å². The summed E-state index contributed by atoms with van der Waals surface area (Å²) in [4.78, 5) is 13.3. The second-order valence-electron chi connectivity index (χ2n) is 5.16. The van der Waals surface area contributed by atoms with Crippen molar-refractivity contribution in [2.45, 2.75) is 19.1 Å². The van der Waals surface area contributed by atoms with Gasteiger partial charge in [-0.2, -0.15) is 0 Å². The van der Waals surface area contributed by atoms with Crippen LogP contribution < -0.4 is 5.32 Å². The first-order chi connectivity index (χ1) is 10.1. The lowest BCUT2D eigenvalue weighted by Crippen LogP contribution is -2.37. The normalized spacial score (nSPS) is 18.1. The number of nitrogens with zero attached hydrogens (tertiary/aromatic N) is 1. The fraction of sp³-hybridized carbons (Fsp3) is 0.533. The second-order valence-corrected chi connectivity index (χ2v) is 5.57. The van der Waals surface area contributed by atoms with Crippen molar-refractivity contribution in [3.05, 3.63) is 34.9 Å². The van der Waals surface area contributed by atoms with Crippen LogP contribution in [0.4, 0.5) is 0 Å². The van der Waals surface area contributed by atoms with Gasteiger partial charge in [0.15, 0.2) is 0 Å². The highest BCUT2D eigenvalue weighted by atomic mass is 35.5. The van der Waals surface area contributed by atoms with E-state index < -0.39 is 6.10 Å². The number of amides is 1. The first-order valence-corrected chi connectivity index (χ1v) is 7.51. The van der Waals surface area contributed by atoms with Crippen molar-refractivity contribution in [2.24, 2.45) is 0 Å². The highest BCUT2D eigenvalue weighted by Crippen LogP contribution is 2.15. The van der Waals surface area contributed by atoms with E-state index in [0.717, 1.165) is 12.1 Å². The molecule has 0 spiro atoms. The van der Waals surface area contributed by atoms with E-state index in [9.17, 15) is 9.90 Å². The summed E-state index contributed by atoms with van der Waals surface area (Å²) in [6.07, 6.45) is -0.0894. The van der Waals surface area contributed by atoms with Crippen molar-refractivity contribution in [3.8, 4) is 0 Å². The van der Waals surface area contributed by atoms with Gasteiger partial charge in [0.05, 0.1) is 19.3 Å². The van der Waals surface area contributed by atoms with E-state index in [-0.39, 0.29) is 12.5 Å². The minimum Gasteiger partial charge on any atom is -0.389 e. The van der Waals surface area contributed by atoms with Gasteiger partial charge < -0.3 is 15.2 Å². The van der Waals surface area contributed by atoms with Crippen LogP contribution in [0.2, 0.25) is 5.02 Å². The van der Waals surface area contributed by atoms with E-state index >= 15 is 0 Å². The Labute approximate surface area is 129 Å². The molecule has 1 aliphatic rings. The van der Waals surface area contributed by atoms with Crippen molar-refractivity contribution in [2.75, 3.05) is 32.8 Å². The summed E-state index contributed by atoms with van der Waals surface area (Å²) >= 11 is 6.04. The molecular weight excluding hydrogens is 292 g/mol. The zero-order chi connectivity index (χ0) is 15.1. The van der Waals surface area contributed by atoms with Gasteiger partial charge in [-0.3, -0.25) is 9.69 Å². The Morgan fingerprint density at radius 1 is 1.38 bits per heavy atom. The Morgan fingerprint density at radius 3 is 3.00 bits per heavy atom. The third-order valence-electron chi connectivity index (χ3n) is 3.40. The van der Waals surface area contributed by atoms with E-state index in [1.165, 1.54) is 0 Å². The average molecular weight is 313 g/mol. The van der Waals surface area contributed by atoms with Crippen LogP contribution in [0, 0.1) is 0 Å². The minimum atomic E-state index is -0.569. The van der Waals surface area contributed by atoms with Crippen molar-refractivity contribution in [1.29, 1.82) is 0 Å². The monoisotopic (exact) mass is 312 g/mol. The molecule has 2 rings (SSSR count). The molecule has 116 valence electrons. The van der Waals surface area contributed by atoms with Gasteiger partial charge >= 0.3 is 0 Å². The van der Waals surface area contributed by atoms with Crippen molar-refractivity contribution in [1.82, 2.24) is 10.2 Å². The summed E-state index contributed by atoms with van der Waals surface area (Å²) in [6, 6.07) is 7.50. The molecule has 0 radical (unpaired) electrons. The summed E-state index contributed by atoms with van der Waals surface area (Å²) in [7, 11) is 0. The summed E-state index contributed by atoms with van der Waals surface area (Å²) in [5.74, 6) is 0.0713. The fourth-order valence-corrected chi connectivity index (χ4v) is 2.46. The molecule has 1 unspecified atom stereocenters. The Kier molecular flexibility index (Phi) is 6.45. The van der Waals surface area contributed by atoms with Gasteiger partial charge in [0.1, 0.15) is 0 Å². The van der Waals surface area contributed by atoms with E-state index in [2.05, 4.69) is 10.2 Å². The molecule has 21 heavy (non-hydrogen) atoms. The lowest BCUT2D eigenvalue weighted by atomic mass is 10.2. The number of rotatable bonds is 6. The smallest absolute Gasteiger partial charge is 0.221 e. The number of halogens is 1. The minimum absolute atomic E-state index is 0.0713. The molecule has 0 saturated carbocycles. The fourth-order valence-electron chi connectivity index (χ4n) is 2.27. The predicted octanol–water partition coefficient (Wildman–Crippen LogP) is 1.04. The topological polar surface area (TPSA) is 61.8 Å². The van der Waals surface area contributed by atoms with Gasteiger partial charge in [-0.1, -0.05) is 29.8 Å². The Hall–Kier alpha value is -1.14. The molecule has 0 bridgehead atoms. The van der Waals surface area contributed by atoms with E-state index in [1.807, 2.05) is 24.3 Å². The van der Waals surface area contributed by atoms with Crippen LogP contribution in [-0.2, 0) is 16.1 Å². The third-order valence-corrected chi connectivity index (χ3v) is 3.77. The molecule has 1 heterocycles. The zero-order valence-electron chi connectivity index (χ0n) is 11.9. The standard InChI is InChI=1S/C15H21ClN2O3/c16-14-4-2-1-3-12(14)10-21-11-13(19)9-18-7-5-15(20)17-6-8-18/h1-4,13,19H,5-11H2,(H,17,20). The Morgan fingerprint density at radius 2 is 2.19 bits per heavy atom. The molecule has 2 N–H and O–H groups in total. The molecule has 1 aromatic rings. The maximum atomic E-state index is 11.2. The van der Waals surface area contributed by atoms with Crippen LogP contribution in [0.1, 0.15) is 12.0 Å². The van der Waals surface area contributed by atoms with E-state index in [4.69, 9.17) is 16.3 Å². The summed E-state index contributed by atoms with van der Waals surface area (Å²) in [6.45, 7) is 3.21. The van der Waals surface area contributed by atoms with Gasteiger partial charge in [0.2, 0.25) is 5.91 Å². The molecule has 6 heteroatoms. The number of nitrogens with one attached hydrogen (secondary N) is 1. The maximum Gasteiger partial charge on any atom is 0.221 e. The number of β-amino-alcohol motifs (C(OH)–C–C–N with tert-alkyl or cyclic N) is 1. The molecule has 0 aliphatic carbocycles. The number of aliphatic hydroxyl groups is 1. The first kappa shape index (κ1) is 16.2. The number of hydrogen-bond acceptors (Lipinski definition) is 4. The number of aliphatic hydroxyl groups excluding tert-OH is 1. The molecule has 5 nitrogen and oxygen atoms in total. The predicted molar refractivity (Wildman–Crippen MR) is 81.2 cm³/mol. The number of carbonyl (C=O) groups excluding carboxylic acids is 1. The van der Waals surface area contributed by atoms with Crippen LogP contribution in [0.15, 0.2) is 24.3 Å². The van der Waals surface area contributed by atoms with Crippen LogP contribution in [-0.4, -0.2) is 54.8 Å². The molecule has 1 aromatic carbocycles. The van der Waals surface area contributed by atoms with Crippen molar-refractivity contribution < 1.29 is 14.6 Å². The summed E-state index contributed by atoms with van der Waals surface area (Å²) in [5, 5.41) is 13.5. The Balaban J connectivity index is 1.68. The van der Waals surface area contributed by atoms with Crippen molar-refractivity contribution >= 4 is 17.5 Å². The molecule has 1 saturated heterocycles. The second kappa shape index (κ2) is 8.34. The third kappa shape index (κ3) is 5.63. The largest absolute Gasteiger partial charge is 0.389 e. The summed E-state index contributed by atoms with van der Waals surface area (Å²) in [5.41, 5.74) is 0.913. The Bertz CT molecular complexity index is 470. The molecule has 1 aliphatic heterocycles. The number of hydrogen-bond donors (Lipinski definition) is 2. The summed E-state index contributed by atoms with van der Waals surface area (Å²) < 4.78 is 5.51. The molecule has 0 aromatic heterocycles. The van der Waals surface area contributed by atoms with Crippen LogP contribution in [0.25, 0.3) is 0 Å². The zero-order valence-corrected chi connectivity index (χ0v) is 12.7.